The molecule has 3 N–H and O–H groups in total. The van der Waals surface area contributed by atoms with Gasteiger partial charge in [-0.2, -0.15) is 0 Å². The van der Waals surface area contributed by atoms with Crippen molar-refractivity contribution in [2.45, 2.75) is 31.8 Å². The van der Waals surface area contributed by atoms with Crippen LogP contribution in [0.15, 0.2) is 30.3 Å². The van der Waals surface area contributed by atoms with Crippen LogP contribution in [0.4, 0.5) is 0 Å². The van der Waals surface area contributed by atoms with Crippen LogP contribution < -0.4 is 11.1 Å². The third-order valence-electron chi connectivity index (χ3n) is 3.92. The zero-order chi connectivity index (χ0) is 14.4. The van der Waals surface area contributed by atoms with Gasteiger partial charge in [0.25, 0.3) is 0 Å². The Bertz CT molecular complexity index is 427. The molecule has 1 aromatic carbocycles. The Kier molecular flexibility index (Phi) is 5.15. The summed E-state index contributed by atoms with van der Waals surface area (Å²) in [5.41, 5.74) is 6.68. The molecule has 110 valence electrons. The van der Waals surface area contributed by atoms with E-state index in [1.165, 1.54) is 0 Å². The van der Waals surface area contributed by atoms with E-state index < -0.39 is 0 Å². The van der Waals surface area contributed by atoms with Crippen molar-refractivity contribution in [1.82, 2.24) is 5.32 Å². The minimum Gasteiger partial charge on any atom is -0.373 e. The summed E-state index contributed by atoms with van der Waals surface area (Å²) in [4.78, 5) is 12.2. The second-order valence-corrected chi connectivity index (χ2v) is 5.74. The Morgan fingerprint density at radius 1 is 1.45 bits per heavy atom. The third-order valence-corrected chi connectivity index (χ3v) is 3.92. The Labute approximate surface area is 120 Å². The summed E-state index contributed by atoms with van der Waals surface area (Å²) in [5, 5.41) is 2.99. The highest BCUT2D eigenvalue weighted by Crippen LogP contribution is 2.24. The van der Waals surface area contributed by atoms with Crippen LogP contribution in [0.2, 0.25) is 0 Å². The molecule has 1 amide bonds. The van der Waals surface area contributed by atoms with Gasteiger partial charge in [-0.3, -0.25) is 4.79 Å². The highest BCUT2D eigenvalue weighted by molar-refractivity contribution is 5.79. The number of hydrogen-bond donors (Lipinski definition) is 2. The first kappa shape index (κ1) is 15.0. The molecule has 20 heavy (non-hydrogen) atoms. The zero-order valence-corrected chi connectivity index (χ0v) is 12.1. The fraction of sp³-hybridized carbons (Fsp3) is 0.562. The molecule has 4 heteroatoms. The first-order chi connectivity index (χ1) is 9.63. The quantitative estimate of drug-likeness (QED) is 0.827. The van der Waals surface area contributed by atoms with Gasteiger partial charge in [-0.15, -0.1) is 0 Å². The lowest BCUT2D eigenvalue weighted by Gasteiger charge is -2.25. The monoisotopic (exact) mass is 276 g/mol. The van der Waals surface area contributed by atoms with Gasteiger partial charge in [0.15, 0.2) is 0 Å². The summed E-state index contributed by atoms with van der Waals surface area (Å²) < 4.78 is 5.68. The van der Waals surface area contributed by atoms with Gasteiger partial charge >= 0.3 is 0 Å². The summed E-state index contributed by atoms with van der Waals surface area (Å²) in [6, 6.07) is 9.98. The number of amides is 1. The summed E-state index contributed by atoms with van der Waals surface area (Å²) in [6.07, 6.45) is 2.75. The maximum atomic E-state index is 12.2. The number of benzene rings is 1. The van der Waals surface area contributed by atoms with E-state index in [9.17, 15) is 4.79 Å². The molecule has 1 aliphatic heterocycles. The number of nitrogens with one attached hydrogen (secondary N) is 1. The topological polar surface area (TPSA) is 64.4 Å². The predicted octanol–water partition coefficient (Wildman–Crippen LogP) is 1.49. The van der Waals surface area contributed by atoms with E-state index in [0.717, 1.165) is 25.0 Å². The zero-order valence-electron chi connectivity index (χ0n) is 12.1. The van der Waals surface area contributed by atoms with Crippen molar-refractivity contribution in [2.24, 2.45) is 11.7 Å². The number of rotatable bonds is 6. The second-order valence-electron chi connectivity index (χ2n) is 5.74. The maximum Gasteiger partial charge on any atom is 0.224 e. The lowest BCUT2D eigenvalue weighted by molar-refractivity contribution is -0.126. The predicted molar refractivity (Wildman–Crippen MR) is 79.3 cm³/mol. The lowest BCUT2D eigenvalue weighted by atomic mass is 9.97. The second kappa shape index (κ2) is 6.86. The van der Waals surface area contributed by atoms with Crippen LogP contribution in [-0.2, 0) is 16.0 Å². The first-order valence-corrected chi connectivity index (χ1v) is 7.29. The third kappa shape index (κ3) is 4.05. The summed E-state index contributed by atoms with van der Waals surface area (Å²) in [5.74, 6) is -0.157. The average Bonchev–Trinajstić information content (AvgIpc) is 2.91. The van der Waals surface area contributed by atoms with Crippen molar-refractivity contribution in [3.05, 3.63) is 35.9 Å². The Hall–Kier alpha value is -1.39. The minimum absolute atomic E-state index is 0.0214. The molecule has 1 aliphatic rings. The molecular weight excluding hydrogens is 252 g/mol. The van der Waals surface area contributed by atoms with Gasteiger partial charge in [0.1, 0.15) is 0 Å². The minimum atomic E-state index is -0.207. The van der Waals surface area contributed by atoms with E-state index in [1.807, 2.05) is 30.3 Å². The van der Waals surface area contributed by atoms with E-state index in [1.54, 1.807) is 0 Å². The first-order valence-electron chi connectivity index (χ1n) is 7.29. The van der Waals surface area contributed by atoms with E-state index in [2.05, 4.69) is 12.2 Å². The van der Waals surface area contributed by atoms with Gasteiger partial charge in [-0.05, 0) is 31.7 Å². The van der Waals surface area contributed by atoms with Gasteiger partial charge in [-0.25, -0.2) is 0 Å². The number of nitrogens with two attached hydrogens (primary N) is 1. The molecule has 0 radical (unpaired) electrons. The van der Waals surface area contributed by atoms with Crippen LogP contribution in [0.25, 0.3) is 0 Å². The maximum absolute atomic E-state index is 12.2. The molecule has 0 aromatic heterocycles. The molecule has 2 unspecified atom stereocenters. The molecule has 0 aliphatic carbocycles. The Balaban J connectivity index is 1.85. The molecule has 1 heterocycles. The molecule has 0 saturated carbocycles. The highest BCUT2D eigenvalue weighted by Gasteiger charge is 2.30. The molecule has 2 atom stereocenters. The largest absolute Gasteiger partial charge is 0.373 e. The lowest BCUT2D eigenvalue weighted by Crippen LogP contribution is -2.44. The molecule has 0 bridgehead atoms. The summed E-state index contributed by atoms with van der Waals surface area (Å²) in [6.45, 7) is 3.76. The van der Waals surface area contributed by atoms with E-state index in [4.69, 9.17) is 10.5 Å². The van der Waals surface area contributed by atoms with Crippen LogP contribution in [0.3, 0.4) is 0 Å². The Morgan fingerprint density at radius 3 is 2.80 bits per heavy atom. The van der Waals surface area contributed by atoms with Crippen LogP contribution in [0, 0.1) is 5.92 Å². The number of ether oxygens (including phenoxy) is 1. The number of hydrogen-bond acceptors (Lipinski definition) is 3. The van der Waals surface area contributed by atoms with Crippen molar-refractivity contribution < 1.29 is 9.53 Å². The molecule has 2 rings (SSSR count). The molecule has 4 nitrogen and oxygen atoms in total. The van der Waals surface area contributed by atoms with Crippen LogP contribution >= 0.6 is 0 Å². The summed E-state index contributed by atoms with van der Waals surface area (Å²) >= 11 is 0. The summed E-state index contributed by atoms with van der Waals surface area (Å²) in [7, 11) is 0. The smallest absolute Gasteiger partial charge is 0.224 e. The van der Waals surface area contributed by atoms with Crippen molar-refractivity contribution in [2.75, 3.05) is 19.7 Å². The normalized spacial score (nSPS) is 23.5. The molecule has 1 aromatic rings. The highest BCUT2D eigenvalue weighted by atomic mass is 16.5. The van der Waals surface area contributed by atoms with Crippen molar-refractivity contribution >= 4 is 5.91 Å². The standard InChI is InChI=1S/C16H24N2O2/c1-16(8-5-9-20-16)12-18-15(19)14(11-17)10-13-6-3-2-4-7-13/h2-4,6-7,14H,5,8-12,17H2,1H3,(H,18,19). The number of carbonyl (C=O) groups is 1. The van der Waals surface area contributed by atoms with Crippen LogP contribution in [-0.4, -0.2) is 31.2 Å². The van der Waals surface area contributed by atoms with Gasteiger partial charge < -0.3 is 15.8 Å². The van der Waals surface area contributed by atoms with E-state index in [0.29, 0.717) is 19.5 Å². The number of carbonyl (C=O) groups excluding carboxylic acids is 1. The molecular formula is C16H24N2O2. The molecule has 1 saturated heterocycles. The average molecular weight is 276 g/mol. The van der Waals surface area contributed by atoms with Crippen molar-refractivity contribution in [1.29, 1.82) is 0 Å². The van der Waals surface area contributed by atoms with Crippen molar-refractivity contribution in [3.63, 3.8) is 0 Å². The van der Waals surface area contributed by atoms with Gasteiger partial charge in [0.2, 0.25) is 5.91 Å². The van der Waals surface area contributed by atoms with E-state index in [-0.39, 0.29) is 17.4 Å². The molecule has 1 fully saturated rings. The van der Waals surface area contributed by atoms with Crippen molar-refractivity contribution in [3.8, 4) is 0 Å². The SMILES string of the molecule is CC1(CNC(=O)C(CN)Cc2ccccc2)CCCO1. The van der Waals surface area contributed by atoms with Gasteiger partial charge in [0.05, 0.1) is 11.5 Å². The van der Waals surface area contributed by atoms with Crippen LogP contribution in [0.5, 0.6) is 0 Å². The molecule has 0 spiro atoms. The van der Waals surface area contributed by atoms with E-state index >= 15 is 0 Å². The van der Waals surface area contributed by atoms with Crippen LogP contribution in [0.1, 0.15) is 25.3 Å². The Morgan fingerprint density at radius 2 is 2.20 bits per heavy atom. The van der Waals surface area contributed by atoms with Gasteiger partial charge in [-0.1, -0.05) is 30.3 Å². The fourth-order valence-electron chi connectivity index (χ4n) is 2.58. The fourth-order valence-corrected chi connectivity index (χ4v) is 2.58. The van der Waals surface area contributed by atoms with Gasteiger partial charge in [0, 0.05) is 19.7 Å².